The number of fused-ring (bicyclic) bond motifs is 1. The molecule has 2 amide bonds. The lowest BCUT2D eigenvalue weighted by Gasteiger charge is -2.27. The van der Waals surface area contributed by atoms with Crippen LogP contribution in [0.25, 0.3) is 11.5 Å². The first-order valence-corrected chi connectivity index (χ1v) is 9.83. The van der Waals surface area contributed by atoms with Gasteiger partial charge in [-0.05, 0) is 36.8 Å². The normalized spacial score (nSPS) is 15.3. The first-order valence-electron chi connectivity index (χ1n) is 9.83. The monoisotopic (exact) mass is 408 g/mol. The third kappa shape index (κ3) is 4.22. The van der Waals surface area contributed by atoms with E-state index in [2.05, 4.69) is 20.8 Å². The zero-order valence-electron chi connectivity index (χ0n) is 17.1. The van der Waals surface area contributed by atoms with Crippen LogP contribution in [0.1, 0.15) is 31.2 Å². The van der Waals surface area contributed by atoms with Crippen LogP contribution in [-0.2, 0) is 6.42 Å². The van der Waals surface area contributed by atoms with E-state index in [1.54, 1.807) is 19.2 Å². The van der Waals surface area contributed by atoms with Crippen LogP contribution in [0.4, 0.5) is 10.5 Å². The van der Waals surface area contributed by atoms with E-state index >= 15 is 0 Å². The maximum absolute atomic E-state index is 12.4. The zero-order valence-corrected chi connectivity index (χ0v) is 17.1. The summed E-state index contributed by atoms with van der Waals surface area (Å²) in [6.07, 6.45) is 0.675. The van der Waals surface area contributed by atoms with Crippen molar-refractivity contribution in [2.75, 3.05) is 19.0 Å². The number of carbonyl (C=O) groups is 1. The van der Waals surface area contributed by atoms with Gasteiger partial charge in [-0.2, -0.15) is 4.98 Å². The van der Waals surface area contributed by atoms with Crippen molar-refractivity contribution in [3.63, 3.8) is 0 Å². The third-order valence-corrected chi connectivity index (χ3v) is 4.86. The molecule has 2 N–H and O–H groups in total. The Balaban J connectivity index is 1.35. The largest absolute Gasteiger partial charge is 0.493 e. The van der Waals surface area contributed by atoms with E-state index in [1.807, 2.05) is 44.2 Å². The molecule has 1 atom stereocenters. The number of aromatic nitrogens is 2. The maximum atomic E-state index is 12.4. The molecule has 0 spiro atoms. The summed E-state index contributed by atoms with van der Waals surface area (Å²) in [6.45, 7) is 4.40. The second-order valence-electron chi connectivity index (χ2n) is 7.45. The Morgan fingerprint density at radius 3 is 2.70 bits per heavy atom. The van der Waals surface area contributed by atoms with Crippen LogP contribution in [0.2, 0.25) is 0 Å². The molecule has 4 rings (SSSR count). The number of methoxy groups -OCH3 is 1. The fourth-order valence-electron chi connectivity index (χ4n) is 3.28. The van der Waals surface area contributed by atoms with E-state index in [0.29, 0.717) is 36.2 Å². The van der Waals surface area contributed by atoms with Gasteiger partial charge >= 0.3 is 6.03 Å². The van der Waals surface area contributed by atoms with Gasteiger partial charge in [-0.3, -0.25) is 0 Å². The fraction of sp³-hybridized carbons (Fsp3) is 0.318. The lowest BCUT2D eigenvalue weighted by molar-refractivity contribution is 0.217. The molecule has 1 aliphatic heterocycles. The van der Waals surface area contributed by atoms with E-state index in [4.69, 9.17) is 14.0 Å². The summed E-state index contributed by atoms with van der Waals surface area (Å²) in [5, 5.41) is 9.76. The van der Waals surface area contributed by atoms with Gasteiger partial charge in [0.15, 0.2) is 17.3 Å². The number of amides is 2. The molecule has 0 aliphatic carbocycles. The SMILES string of the molecule is COc1cccc2c1OCC(NC(=O)Nc1ccc(-c3nc(C(C)C)no3)cc1)C2. The molecule has 2 heterocycles. The molecule has 0 saturated carbocycles. The van der Waals surface area contributed by atoms with Crippen molar-refractivity contribution in [2.45, 2.75) is 32.2 Å². The predicted molar refractivity (Wildman–Crippen MR) is 112 cm³/mol. The molecule has 0 radical (unpaired) electrons. The van der Waals surface area contributed by atoms with Gasteiger partial charge in [-0.1, -0.05) is 31.1 Å². The van der Waals surface area contributed by atoms with Gasteiger partial charge in [0.05, 0.1) is 13.2 Å². The Bertz CT molecular complexity index is 1030. The van der Waals surface area contributed by atoms with Gasteiger partial charge in [0.2, 0.25) is 0 Å². The molecule has 1 unspecified atom stereocenters. The molecular formula is C22H24N4O4. The van der Waals surface area contributed by atoms with Crippen molar-refractivity contribution in [2.24, 2.45) is 0 Å². The molecule has 0 fully saturated rings. The summed E-state index contributed by atoms with van der Waals surface area (Å²) in [7, 11) is 1.61. The number of hydrogen-bond acceptors (Lipinski definition) is 6. The molecule has 1 aliphatic rings. The van der Waals surface area contributed by atoms with E-state index in [-0.39, 0.29) is 18.0 Å². The van der Waals surface area contributed by atoms with Crippen molar-refractivity contribution in [1.82, 2.24) is 15.5 Å². The van der Waals surface area contributed by atoms with Crippen molar-refractivity contribution < 1.29 is 18.8 Å². The van der Waals surface area contributed by atoms with Crippen LogP contribution in [0, 0.1) is 0 Å². The van der Waals surface area contributed by atoms with Gasteiger partial charge in [0, 0.05) is 22.7 Å². The zero-order chi connectivity index (χ0) is 21.1. The topological polar surface area (TPSA) is 98.5 Å². The summed E-state index contributed by atoms with van der Waals surface area (Å²) in [4.78, 5) is 16.8. The number of benzene rings is 2. The molecule has 1 aromatic heterocycles. The molecule has 0 saturated heterocycles. The average molecular weight is 408 g/mol. The van der Waals surface area contributed by atoms with Crippen LogP contribution in [0.5, 0.6) is 11.5 Å². The van der Waals surface area contributed by atoms with Crippen molar-refractivity contribution in [3.05, 3.63) is 53.9 Å². The second-order valence-corrected chi connectivity index (χ2v) is 7.45. The first kappa shape index (κ1) is 19.8. The Morgan fingerprint density at radius 1 is 1.20 bits per heavy atom. The molecule has 30 heavy (non-hydrogen) atoms. The molecule has 3 aromatic rings. The van der Waals surface area contributed by atoms with Crippen LogP contribution in [0.3, 0.4) is 0 Å². The quantitative estimate of drug-likeness (QED) is 0.662. The number of para-hydroxylation sites is 1. The minimum atomic E-state index is -0.289. The summed E-state index contributed by atoms with van der Waals surface area (Å²) in [5.41, 5.74) is 2.47. The molecular weight excluding hydrogens is 384 g/mol. The summed E-state index contributed by atoms with van der Waals surface area (Å²) < 4.78 is 16.4. The molecule has 0 bridgehead atoms. The van der Waals surface area contributed by atoms with Crippen LogP contribution in [0.15, 0.2) is 47.0 Å². The van der Waals surface area contributed by atoms with Gasteiger partial charge in [0.25, 0.3) is 5.89 Å². The Hall–Kier alpha value is -3.55. The predicted octanol–water partition coefficient (Wildman–Crippen LogP) is 3.99. The highest BCUT2D eigenvalue weighted by Crippen LogP contribution is 2.34. The van der Waals surface area contributed by atoms with E-state index in [0.717, 1.165) is 16.9 Å². The van der Waals surface area contributed by atoms with Gasteiger partial charge < -0.3 is 24.6 Å². The highest BCUT2D eigenvalue weighted by atomic mass is 16.5. The summed E-state index contributed by atoms with van der Waals surface area (Å²) >= 11 is 0. The number of carbonyl (C=O) groups excluding carboxylic acids is 1. The lowest BCUT2D eigenvalue weighted by atomic mass is 10.0. The van der Waals surface area contributed by atoms with Crippen LogP contribution < -0.4 is 20.1 Å². The third-order valence-electron chi connectivity index (χ3n) is 4.86. The van der Waals surface area contributed by atoms with Gasteiger partial charge in [-0.15, -0.1) is 0 Å². The Labute approximate surface area is 174 Å². The van der Waals surface area contributed by atoms with Gasteiger partial charge in [0.1, 0.15) is 6.61 Å². The van der Waals surface area contributed by atoms with Crippen molar-refractivity contribution in [1.29, 1.82) is 0 Å². The average Bonchev–Trinajstić information content (AvgIpc) is 3.24. The standard InChI is InChI=1S/C22H24N4O4/c1-13(2)20-25-21(30-26-20)14-7-9-16(10-8-14)23-22(27)24-17-11-15-5-4-6-18(28-3)19(15)29-12-17/h4-10,13,17H,11-12H2,1-3H3,(H2,23,24,27). The number of ether oxygens (including phenoxy) is 2. The highest BCUT2D eigenvalue weighted by molar-refractivity contribution is 5.89. The molecule has 8 nitrogen and oxygen atoms in total. The minimum absolute atomic E-state index is 0.128. The smallest absolute Gasteiger partial charge is 0.319 e. The number of nitrogens with one attached hydrogen (secondary N) is 2. The molecule has 8 heteroatoms. The van der Waals surface area contributed by atoms with E-state index in [1.165, 1.54) is 0 Å². The number of rotatable bonds is 5. The van der Waals surface area contributed by atoms with Crippen LogP contribution >= 0.6 is 0 Å². The molecule has 2 aromatic carbocycles. The van der Waals surface area contributed by atoms with Gasteiger partial charge in [-0.25, -0.2) is 4.79 Å². The Morgan fingerprint density at radius 2 is 2.00 bits per heavy atom. The number of urea groups is 1. The van der Waals surface area contributed by atoms with Crippen molar-refractivity contribution in [3.8, 4) is 23.0 Å². The van der Waals surface area contributed by atoms with Crippen LogP contribution in [-0.4, -0.2) is 35.9 Å². The highest BCUT2D eigenvalue weighted by Gasteiger charge is 2.24. The second kappa shape index (κ2) is 8.44. The lowest BCUT2D eigenvalue weighted by Crippen LogP contribution is -2.44. The number of nitrogens with zero attached hydrogens (tertiary/aromatic N) is 2. The summed E-state index contributed by atoms with van der Waals surface area (Å²) in [6, 6.07) is 12.6. The minimum Gasteiger partial charge on any atom is -0.493 e. The fourth-order valence-corrected chi connectivity index (χ4v) is 3.28. The van der Waals surface area contributed by atoms with E-state index < -0.39 is 0 Å². The summed E-state index contributed by atoms with van der Waals surface area (Å²) in [5.74, 6) is 2.78. The molecule has 156 valence electrons. The first-order chi connectivity index (χ1) is 14.5. The van der Waals surface area contributed by atoms with E-state index in [9.17, 15) is 4.79 Å². The number of hydrogen-bond donors (Lipinski definition) is 2. The van der Waals surface area contributed by atoms with Crippen molar-refractivity contribution >= 4 is 11.7 Å². The number of anilines is 1. The maximum Gasteiger partial charge on any atom is 0.319 e. The Kier molecular flexibility index (Phi) is 5.56.